The van der Waals surface area contributed by atoms with Crippen molar-refractivity contribution in [3.63, 3.8) is 0 Å². The van der Waals surface area contributed by atoms with E-state index >= 15 is 0 Å². The first-order valence-corrected chi connectivity index (χ1v) is 13.9. The molecule has 11 heteroatoms. The van der Waals surface area contributed by atoms with Gasteiger partial charge in [0.25, 0.3) is 5.91 Å². The zero-order valence-electron chi connectivity index (χ0n) is 23.3. The molecule has 1 saturated heterocycles. The lowest BCUT2D eigenvalue weighted by Crippen LogP contribution is -2.42. The number of pyridine rings is 4. The third-order valence-corrected chi connectivity index (χ3v) is 7.38. The number of carbonyl (C=O) groups excluding carboxylic acids is 1. The van der Waals surface area contributed by atoms with Gasteiger partial charge in [0.2, 0.25) is 0 Å². The van der Waals surface area contributed by atoms with Gasteiger partial charge in [-0.15, -0.1) is 0 Å². The number of anilines is 3. The topological polar surface area (TPSA) is 95.9 Å². The van der Waals surface area contributed by atoms with E-state index in [1.54, 1.807) is 18.5 Å². The fourth-order valence-electron chi connectivity index (χ4n) is 5.19. The molecule has 1 aliphatic heterocycles. The summed E-state index contributed by atoms with van der Waals surface area (Å²) in [6.45, 7) is 3.11. The van der Waals surface area contributed by atoms with Crippen molar-refractivity contribution < 1.29 is 18.0 Å². The molecule has 0 unspecified atom stereocenters. The van der Waals surface area contributed by atoms with Crippen LogP contribution in [0.25, 0.3) is 22.0 Å². The van der Waals surface area contributed by atoms with E-state index in [0.717, 1.165) is 53.1 Å². The number of nitrogens with one attached hydrogen (secondary N) is 2. The number of rotatable bonds is 6. The van der Waals surface area contributed by atoms with Crippen LogP contribution >= 0.6 is 0 Å². The van der Waals surface area contributed by atoms with Crippen LogP contribution in [0.1, 0.15) is 34.5 Å². The number of aryl methyl sites for hydroxylation is 1. The summed E-state index contributed by atoms with van der Waals surface area (Å²) in [6, 6.07) is 19.1. The Morgan fingerprint density at radius 3 is 2.44 bits per heavy atom. The van der Waals surface area contributed by atoms with Gasteiger partial charge in [-0.05, 0) is 73.2 Å². The second-order valence-electron chi connectivity index (χ2n) is 10.5. The zero-order chi connectivity index (χ0) is 30.0. The van der Waals surface area contributed by atoms with Crippen molar-refractivity contribution in [2.24, 2.45) is 0 Å². The molecule has 0 radical (unpaired) electrons. The van der Waals surface area contributed by atoms with E-state index in [4.69, 9.17) is 0 Å². The first-order chi connectivity index (χ1) is 20.7. The molecule has 1 aromatic carbocycles. The number of hydrogen-bond acceptors (Lipinski definition) is 7. The Hall–Kier alpha value is -5.06. The number of hydrogen-bond donors (Lipinski definition) is 2. The molecule has 8 nitrogen and oxygen atoms in total. The number of fused-ring (bicyclic) bond motifs is 1. The number of aromatic nitrogens is 4. The third-order valence-electron chi connectivity index (χ3n) is 7.38. The van der Waals surface area contributed by atoms with Gasteiger partial charge in [0.15, 0.2) is 0 Å². The Morgan fingerprint density at radius 2 is 1.67 bits per heavy atom. The first kappa shape index (κ1) is 28.1. The van der Waals surface area contributed by atoms with Crippen LogP contribution in [0.5, 0.6) is 0 Å². The summed E-state index contributed by atoms with van der Waals surface area (Å²) in [7, 11) is 0. The van der Waals surface area contributed by atoms with Crippen molar-refractivity contribution in [2.75, 3.05) is 23.7 Å². The second-order valence-corrected chi connectivity index (χ2v) is 10.5. The number of amides is 1. The molecule has 0 atom stereocenters. The number of nitrogens with zero attached hydrogens (tertiary/aromatic N) is 5. The maximum absolute atomic E-state index is 13.2. The molecule has 0 bridgehead atoms. The number of alkyl halides is 3. The molecule has 1 fully saturated rings. The molecule has 1 amide bonds. The average molecular weight is 584 g/mol. The van der Waals surface area contributed by atoms with Crippen molar-refractivity contribution in [3.05, 3.63) is 102 Å². The standard InChI is InChI=1S/C32H28F3N7O/c1-20-16-26(40-29(17-20)41-28-18-23(9-13-36-28)32(33,34)35)22-6-7-27(38-19-22)39-24-10-14-42(15-11-24)31(43)30-25-5-3-2-4-21(25)8-12-37-30/h2-9,12-13,16-19,24H,10-11,14-15H2,1H3,(H,38,39)(H,36,40,41). The molecule has 6 rings (SSSR count). The van der Waals surface area contributed by atoms with Crippen LogP contribution in [0, 0.1) is 6.92 Å². The van der Waals surface area contributed by atoms with E-state index < -0.39 is 11.7 Å². The van der Waals surface area contributed by atoms with Crippen molar-refractivity contribution in [1.29, 1.82) is 0 Å². The summed E-state index contributed by atoms with van der Waals surface area (Å²) in [4.78, 5) is 32.6. The number of piperidine rings is 1. The molecule has 43 heavy (non-hydrogen) atoms. The van der Waals surface area contributed by atoms with E-state index in [0.29, 0.717) is 36.1 Å². The predicted octanol–water partition coefficient (Wildman–Crippen LogP) is 6.87. The van der Waals surface area contributed by atoms with Gasteiger partial charge in [-0.25, -0.2) is 15.0 Å². The summed E-state index contributed by atoms with van der Waals surface area (Å²) in [5, 5.41) is 8.19. The summed E-state index contributed by atoms with van der Waals surface area (Å²) in [5.41, 5.74) is 1.96. The quantitative estimate of drug-likeness (QED) is 0.225. The highest BCUT2D eigenvalue weighted by atomic mass is 19.4. The molecule has 5 heterocycles. The Labute approximate surface area is 246 Å². The zero-order valence-corrected chi connectivity index (χ0v) is 23.3. The predicted molar refractivity (Wildman–Crippen MR) is 159 cm³/mol. The first-order valence-electron chi connectivity index (χ1n) is 13.9. The summed E-state index contributed by atoms with van der Waals surface area (Å²) < 4.78 is 39.3. The lowest BCUT2D eigenvalue weighted by atomic mass is 10.0. The van der Waals surface area contributed by atoms with Crippen molar-refractivity contribution in [1.82, 2.24) is 24.8 Å². The number of benzene rings is 1. The second kappa shape index (κ2) is 11.7. The number of likely N-dealkylation sites (tertiary alicyclic amines) is 1. The van der Waals surface area contributed by atoms with Crippen molar-refractivity contribution >= 4 is 34.1 Å². The van der Waals surface area contributed by atoms with Crippen LogP contribution in [-0.4, -0.2) is 49.9 Å². The van der Waals surface area contributed by atoms with Crippen LogP contribution in [0.3, 0.4) is 0 Å². The van der Waals surface area contributed by atoms with Gasteiger partial charge >= 0.3 is 6.18 Å². The summed E-state index contributed by atoms with van der Waals surface area (Å²) in [6.07, 6.45) is 1.59. The Kier molecular flexibility index (Phi) is 7.62. The van der Waals surface area contributed by atoms with Crippen molar-refractivity contribution in [3.8, 4) is 11.3 Å². The highest BCUT2D eigenvalue weighted by Gasteiger charge is 2.31. The molecule has 218 valence electrons. The van der Waals surface area contributed by atoms with E-state index in [9.17, 15) is 18.0 Å². The van der Waals surface area contributed by atoms with E-state index in [1.165, 1.54) is 0 Å². The maximum atomic E-state index is 13.2. The van der Waals surface area contributed by atoms with Crippen LogP contribution in [0.15, 0.2) is 85.3 Å². The molecule has 0 spiro atoms. The molecular formula is C32H28F3N7O. The minimum atomic E-state index is -4.46. The largest absolute Gasteiger partial charge is 0.416 e. The van der Waals surface area contributed by atoms with Gasteiger partial charge in [-0.1, -0.05) is 24.3 Å². The van der Waals surface area contributed by atoms with Gasteiger partial charge in [-0.2, -0.15) is 13.2 Å². The minimum absolute atomic E-state index is 0.0534. The van der Waals surface area contributed by atoms with Gasteiger partial charge < -0.3 is 15.5 Å². The smallest absolute Gasteiger partial charge is 0.367 e. The molecule has 2 N–H and O–H groups in total. The SMILES string of the molecule is Cc1cc(Nc2cc(C(F)(F)F)ccn2)nc(-c2ccc(NC3CCN(C(=O)c4nccc5ccccc45)CC3)nc2)c1. The van der Waals surface area contributed by atoms with Gasteiger partial charge in [0.05, 0.1) is 11.3 Å². The Bertz CT molecular complexity index is 1760. The summed E-state index contributed by atoms with van der Waals surface area (Å²) in [5.74, 6) is 1.09. The molecule has 1 aliphatic rings. The Morgan fingerprint density at radius 1 is 0.884 bits per heavy atom. The fourth-order valence-corrected chi connectivity index (χ4v) is 5.19. The van der Waals surface area contributed by atoms with Gasteiger partial charge in [-0.3, -0.25) is 9.78 Å². The van der Waals surface area contributed by atoms with Gasteiger partial charge in [0, 0.05) is 48.7 Å². The molecule has 0 aliphatic carbocycles. The average Bonchev–Trinajstić information content (AvgIpc) is 3.01. The lowest BCUT2D eigenvalue weighted by Gasteiger charge is -2.32. The molecule has 5 aromatic rings. The number of halogens is 3. The summed E-state index contributed by atoms with van der Waals surface area (Å²) >= 11 is 0. The highest BCUT2D eigenvalue weighted by Crippen LogP contribution is 2.31. The maximum Gasteiger partial charge on any atom is 0.416 e. The highest BCUT2D eigenvalue weighted by molar-refractivity contribution is 6.05. The van der Waals surface area contributed by atoms with E-state index in [2.05, 4.69) is 30.6 Å². The fraction of sp³-hybridized carbons (Fsp3) is 0.219. The minimum Gasteiger partial charge on any atom is -0.367 e. The molecule has 4 aromatic heterocycles. The van der Waals surface area contributed by atoms with Crippen LogP contribution in [0.4, 0.5) is 30.6 Å². The number of carbonyl (C=O) groups is 1. The van der Waals surface area contributed by atoms with Crippen LogP contribution < -0.4 is 10.6 Å². The van der Waals surface area contributed by atoms with E-state index in [1.807, 2.05) is 60.4 Å². The van der Waals surface area contributed by atoms with Gasteiger partial charge in [0.1, 0.15) is 23.1 Å². The van der Waals surface area contributed by atoms with Crippen LogP contribution in [0.2, 0.25) is 0 Å². The van der Waals surface area contributed by atoms with E-state index in [-0.39, 0.29) is 17.8 Å². The Balaban J connectivity index is 1.08. The molecular weight excluding hydrogens is 555 g/mol. The van der Waals surface area contributed by atoms with Crippen molar-refractivity contribution in [2.45, 2.75) is 32.0 Å². The molecule has 0 saturated carbocycles. The monoisotopic (exact) mass is 583 g/mol. The lowest BCUT2D eigenvalue weighted by molar-refractivity contribution is -0.137. The third kappa shape index (κ3) is 6.40. The normalized spacial score (nSPS) is 14.1. The van der Waals surface area contributed by atoms with Crippen LogP contribution in [-0.2, 0) is 6.18 Å².